The SMILES string of the molecule is C#CCNS(=O)(=O)C1CCCC1. The van der Waals surface area contributed by atoms with Crippen molar-refractivity contribution >= 4 is 10.0 Å². The van der Waals surface area contributed by atoms with Crippen molar-refractivity contribution in [3.05, 3.63) is 0 Å². The van der Waals surface area contributed by atoms with Gasteiger partial charge in [0.2, 0.25) is 10.0 Å². The Hall–Kier alpha value is -0.530. The second kappa shape index (κ2) is 3.92. The molecule has 0 amide bonds. The van der Waals surface area contributed by atoms with Crippen LogP contribution in [0.15, 0.2) is 0 Å². The molecule has 0 aromatic carbocycles. The van der Waals surface area contributed by atoms with E-state index in [1.807, 2.05) is 0 Å². The molecule has 0 radical (unpaired) electrons. The van der Waals surface area contributed by atoms with E-state index in [0.29, 0.717) is 0 Å². The first-order valence-electron chi connectivity index (χ1n) is 4.09. The van der Waals surface area contributed by atoms with Crippen LogP contribution in [0, 0.1) is 12.3 Å². The van der Waals surface area contributed by atoms with Crippen molar-refractivity contribution in [2.24, 2.45) is 0 Å². The summed E-state index contributed by atoms with van der Waals surface area (Å²) in [6.07, 6.45) is 8.54. The number of sulfonamides is 1. The number of hydrogen-bond acceptors (Lipinski definition) is 2. The van der Waals surface area contributed by atoms with Gasteiger partial charge in [0.1, 0.15) is 0 Å². The predicted molar refractivity (Wildman–Crippen MR) is 48.0 cm³/mol. The zero-order valence-corrected chi connectivity index (χ0v) is 7.73. The average molecular weight is 187 g/mol. The highest BCUT2D eigenvalue weighted by Crippen LogP contribution is 2.23. The molecule has 1 fully saturated rings. The summed E-state index contributed by atoms with van der Waals surface area (Å²) in [5.41, 5.74) is 0. The highest BCUT2D eigenvalue weighted by molar-refractivity contribution is 7.90. The normalized spacial score (nSPS) is 19.2. The summed E-state index contributed by atoms with van der Waals surface area (Å²) in [6.45, 7) is 0.110. The molecule has 0 atom stereocenters. The molecule has 0 bridgehead atoms. The van der Waals surface area contributed by atoms with Gasteiger partial charge in [-0.15, -0.1) is 6.42 Å². The highest BCUT2D eigenvalue weighted by Gasteiger charge is 2.27. The maximum atomic E-state index is 11.4. The van der Waals surface area contributed by atoms with E-state index in [1.165, 1.54) is 0 Å². The smallest absolute Gasteiger partial charge is 0.212 e. The van der Waals surface area contributed by atoms with Crippen LogP contribution in [0.5, 0.6) is 0 Å². The maximum Gasteiger partial charge on any atom is 0.215 e. The molecule has 1 saturated carbocycles. The predicted octanol–water partition coefficient (Wildman–Crippen LogP) is 0.482. The Kier molecular flexibility index (Phi) is 3.12. The van der Waals surface area contributed by atoms with Gasteiger partial charge < -0.3 is 0 Å². The Morgan fingerprint density at radius 3 is 2.50 bits per heavy atom. The molecule has 68 valence electrons. The lowest BCUT2D eigenvalue weighted by Gasteiger charge is -2.09. The molecule has 0 unspecified atom stereocenters. The molecule has 0 aromatic rings. The molecule has 1 aliphatic rings. The van der Waals surface area contributed by atoms with Crippen LogP contribution in [0.3, 0.4) is 0 Å². The maximum absolute atomic E-state index is 11.4. The van der Waals surface area contributed by atoms with Crippen LogP contribution >= 0.6 is 0 Å². The quantitative estimate of drug-likeness (QED) is 0.653. The highest BCUT2D eigenvalue weighted by atomic mass is 32.2. The third kappa shape index (κ3) is 2.23. The van der Waals surface area contributed by atoms with Crippen LogP contribution in [-0.4, -0.2) is 20.2 Å². The topological polar surface area (TPSA) is 46.2 Å². The largest absolute Gasteiger partial charge is 0.215 e. The minimum Gasteiger partial charge on any atom is -0.212 e. The van der Waals surface area contributed by atoms with Gasteiger partial charge in [0.25, 0.3) is 0 Å². The lowest BCUT2D eigenvalue weighted by atomic mass is 10.4. The Labute approximate surface area is 73.6 Å². The minimum absolute atomic E-state index is 0.110. The summed E-state index contributed by atoms with van der Waals surface area (Å²) >= 11 is 0. The zero-order chi connectivity index (χ0) is 9.03. The molecule has 1 rings (SSSR count). The second-order valence-corrected chi connectivity index (χ2v) is 5.02. The fourth-order valence-corrected chi connectivity index (χ4v) is 2.93. The molecular weight excluding hydrogens is 174 g/mol. The van der Waals surface area contributed by atoms with E-state index in [1.54, 1.807) is 0 Å². The van der Waals surface area contributed by atoms with Crippen molar-refractivity contribution in [3.63, 3.8) is 0 Å². The van der Waals surface area contributed by atoms with Crippen LogP contribution in [-0.2, 0) is 10.0 Å². The molecule has 1 aliphatic carbocycles. The van der Waals surface area contributed by atoms with Crippen LogP contribution in [0.4, 0.5) is 0 Å². The summed E-state index contributed by atoms with van der Waals surface area (Å²) < 4.78 is 25.2. The first kappa shape index (κ1) is 9.56. The molecule has 0 aromatic heterocycles. The fourth-order valence-electron chi connectivity index (χ4n) is 1.46. The molecule has 0 spiro atoms. The fraction of sp³-hybridized carbons (Fsp3) is 0.750. The van der Waals surface area contributed by atoms with Crippen molar-refractivity contribution in [3.8, 4) is 12.3 Å². The Balaban J connectivity index is 2.53. The van der Waals surface area contributed by atoms with Gasteiger partial charge in [0, 0.05) is 0 Å². The van der Waals surface area contributed by atoms with E-state index in [-0.39, 0.29) is 11.8 Å². The summed E-state index contributed by atoms with van der Waals surface area (Å²) in [7, 11) is -3.11. The average Bonchev–Trinajstić information content (AvgIpc) is 2.53. The monoisotopic (exact) mass is 187 g/mol. The van der Waals surface area contributed by atoms with E-state index in [4.69, 9.17) is 6.42 Å². The van der Waals surface area contributed by atoms with Gasteiger partial charge in [-0.05, 0) is 12.8 Å². The lowest BCUT2D eigenvalue weighted by molar-refractivity contribution is 0.569. The lowest BCUT2D eigenvalue weighted by Crippen LogP contribution is -2.32. The first-order chi connectivity index (χ1) is 5.67. The van der Waals surface area contributed by atoms with Gasteiger partial charge >= 0.3 is 0 Å². The van der Waals surface area contributed by atoms with Crippen LogP contribution in [0.1, 0.15) is 25.7 Å². The number of terminal acetylenes is 1. The number of nitrogens with one attached hydrogen (secondary N) is 1. The van der Waals surface area contributed by atoms with E-state index in [0.717, 1.165) is 25.7 Å². The molecule has 3 nitrogen and oxygen atoms in total. The summed E-state index contributed by atoms with van der Waals surface area (Å²) in [5.74, 6) is 2.26. The van der Waals surface area contributed by atoms with E-state index >= 15 is 0 Å². The van der Waals surface area contributed by atoms with Crippen molar-refractivity contribution in [2.45, 2.75) is 30.9 Å². The molecular formula is C8H13NO2S. The van der Waals surface area contributed by atoms with E-state index in [9.17, 15) is 8.42 Å². The van der Waals surface area contributed by atoms with Gasteiger partial charge in [0.15, 0.2) is 0 Å². The second-order valence-electron chi connectivity index (χ2n) is 2.98. The van der Waals surface area contributed by atoms with Gasteiger partial charge in [-0.1, -0.05) is 18.8 Å². The summed E-state index contributed by atoms with van der Waals surface area (Å²) in [5, 5.41) is -0.203. The van der Waals surface area contributed by atoms with E-state index in [2.05, 4.69) is 10.6 Å². The molecule has 4 heteroatoms. The Bertz CT molecular complexity index is 270. The van der Waals surface area contributed by atoms with Gasteiger partial charge in [0.05, 0.1) is 11.8 Å². The third-order valence-corrected chi connectivity index (χ3v) is 4.01. The standard InChI is InChI=1S/C8H13NO2S/c1-2-7-9-12(10,11)8-5-3-4-6-8/h1,8-9H,3-7H2. The zero-order valence-electron chi connectivity index (χ0n) is 6.91. The van der Waals surface area contributed by atoms with Crippen LogP contribution in [0.25, 0.3) is 0 Å². The van der Waals surface area contributed by atoms with Crippen molar-refractivity contribution < 1.29 is 8.42 Å². The molecule has 1 N–H and O–H groups in total. The number of hydrogen-bond donors (Lipinski definition) is 1. The summed E-state index contributed by atoms with van der Waals surface area (Å²) in [4.78, 5) is 0. The Morgan fingerprint density at radius 1 is 1.42 bits per heavy atom. The van der Waals surface area contributed by atoms with Gasteiger partial charge in [-0.25, -0.2) is 13.1 Å². The molecule has 0 aliphatic heterocycles. The summed E-state index contributed by atoms with van der Waals surface area (Å²) in [6, 6.07) is 0. The minimum atomic E-state index is -3.11. The third-order valence-electron chi connectivity index (χ3n) is 2.12. The molecule has 0 heterocycles. The number of rotatable bonds is 3. The van der Waals surface area contributed by atoms with Gasteiger partial charge in [-0.3, -0.25) is 0 Å². The van der Waals surface area contributed by atoms with Gasteiger partial charge in [-0.2, -0.15) is 0 Å². The molecule has 0 saturated heterocycles. The first-order valence-corrected chi connectivity index (χ1v) is 5.63. The van der Waals surface area contributed by atoms with Crippen LogP contribution in [0.2, 0.25) is 0 Å². The van der Waals surface area contributed by atoms with Crippen LogP contribution < -0.4 is 4.72 Å². The van der Waals surface area contributed by atoms with Crippen molar-refractivity contribution in [1.29, 1.82) is 0 Å². The van der Waals surface area contributed by atoms with Crippen molar-refractivity contribution in [2.75, 3.05) is 6.54 Å². The van der Waals surface area contributed by atoms with Crippen molar-refractivity contribution in [1.82, 2.24) is 4.72 Å². The molecule has 12 heavy (non-hydrogen) atoms. The van der Waals surface area contributed by atoms with E-state index < -0.39 is 10.0 Å². The Morgan fingerprint density at radius 2 is 2.00 bits per heavy atom.